The lowest BCUT2D eigenvalue weighted by molar-refractivity contribution is 0.198. The van der Waals surface area contributed by atoms with Crippen molar-refractivity contribution in [2.45, 2.75) is 10.8 Å². The van der Waals surface area contributed by atoms with E-state index in [1.165, 1.54) is 6.33 Å². The molecule has 2 aromatic heterocycles. The number of anilines is 1. The van der Waals surface area contributed by atoms with Gasteiger partial charge in [0.1, 0.15) is 16.8 Å². The number of hydrogen-bond donors (Lipinski definition) is 1. The molecule has 0 radical (unpaired) electrons. The van der Waals surface area contributed by atoms with Crippen LogP contribution in [0.5, 0.6) is 0 Å². The molecule has 2 aromatic rings. The zero-order valence-electron chi connectivity index (χ0n) is 10.6. The quantitative estimate of drug-likeness (QED) is 0.793. The van der Waals surface area contributed by atoms with Crippen molar-refractivity contribution in [1.29, 1.82) is 0 Å². The van der Waals surface area contributed by atoms with Crippen LogP contribution in [0, 0.1) is 0 Å². The van der Waals surface area contributed by atoms with Gasteiger partial charge in [-0.25, -0.2) is 23.4 Å². The zero-order valence-corrected chi connectivity index (χ0v) is 12.2. The number of methoxy groups -OCH3 is 1. The SMILES string of the molecule is COCCCNc1ncnc2nc(S(C)(=O)=O)sc12. The number of rotatable bonds is 6. The number of hydrogen-bond acceptors (Lipinski definition) is 8. The molecule has 0 amide bonds. The lowest BCUT2D eigenvalue weighted by Crippen LogP contribution is -2.06. The van der Waals surface area contributed by atoms with Crippen LogP contribution in [-0.4, -0.2) is 49.9 Å². The largest absolute Gasteiger partial charge is 0.385 e. The first kappa shape index (κ1) is 14.1. The average Bonchev–Trinajstić information content (AvgIpc) is 2.79. The third kappa shape index (κ3) is 3.37. The molecule has 0 saturated heterocycles. The van der Waals surface area contributed by atoms with Crippen molar-refractivity contribution in [2.24, 2.45) is 0 Å². The number of thiazole rings is 1. The number of nitrogens with one attached hydrogen (secondary N) is 1. The van der Waals surface area contributed by atoms with Crippen LogP contribution in [0.1, 0.15) is 6.42 Å². The maximum Gasteiger partial charge on any atom is 0.211 e. The van der Waals surface area contributed by atoms with Crippen LogP contribution >= 0.6 is 11.3 Å². The topological polar surface area (TPSA) is 94.1 Å². The first-order valence-electron chi connectivity index (χ1n) is 5.57. The maximum atomic E-state index is 11.5. The molecule has 1 N–H and O–H groups in total. The predicted octanol–water partition coefficient (Wildman–Crippen LogP) is 0.938. The Balaban J connectivity index is 2.27. The minimum absolute atomic E-state index is 0.0583. The second kappa shape index (κ2) is 5.76. The van der Waals surface area contributed by atoms with Gasteiger partial charge < -0.3 is 10.1 Å². The molecule has 0 spiro atoms. The van der Waals surface area contributed by atoms with E-state index in [0.717, 1.165) is 24.0 Å². The van der Waals surface area contributed by atoms with Crippen molar-refractivity contribution in [3.05, 3.63) is 6.33 Å². The molecule has 19 heavy (non-hydrogen) atoms. The highest BCUT2D eigenvalue weighted by Gasteiger charge is 2.17. The summed E-state index contributed by atoms with van der Waals surface area (Å²) in [7, 11) is -1.68. The van der Waals surface area contributed by atoms with E-state index in [1.54, 1.807) is 7.11 Å². The van der Waals surface area contributed by atoms with Gasteiger partial charge in [-0.3, -0.25) is 0 Å². The minimum atomic E-state index is -3.32. The second-order valence-corrected chi connectivity index (χ2v) is 7.09. The van der Waals surface area contributed by atoms with Crippen LogP contribution < -0.4 is 5.32 Å². The van der Waals surface area contributed by atoms with Gasteiger partial charge in [0, 0.05) is 26.5 Å². The Hall–Kier alpha value is -1.32. The molecule has 0 bridgehead atoms. The predicted molar refractivity (Wildman–Crippen MR) is 73.3 cm³/mol. The van der Waals surface area contributed by atoms with Crippen LogP contribution in [0.15, 0.2) is 10.7 Å². The van der Waals surface area contributed by atoms with E-state index in [0.29, 0.717) is 29.3 Å². The van der Waals surface area contributed by atoms with Gasteiger partial charge in [-0.15, -0.1) is 0 Å². The highest BCUT2D eigenvalue weighted by Crippen LogP contribution is 2.28. The maximum absolute atomic E-state index is 11.5. The summed E-state index contributed by atoms with van der Waals surface area (Å²) < 4.78 is 28.6. The number of ether oxygens (including phenoxy) is 1. The first-order valence-corrected chi connectivity index (χ1v) is 8.27. The normalized spacial score (nSPS) is 11.9. The molecule has 0 unspecified atom stereocenters. The number of sulfone groups is 1. The van der Waals surface area contributed by atoms with Gasteiger partial charge in [0.2, 0.25) is 14.2 Å². The van der Waals surface area contributed by atoms with E-state index in [-0.39, 0.29) is 4.34 Å². The van der Waals surface area contributed by atoms with E-state index in [2.05, 4.69) is 20.3 Å². The molecular weight excluding hydrogens is 288 g/mol. The van der Waals surface area contributed by atoms with Crippen molar-refractivity contribution < 1.29 is 13.2 Å². The van der Waals surface area contributed by atoms with Crippen LogP contribution in [-0.2, 0) is 14.6 Å². The summed E-state index contributed by atoms with van der Waals surface area (Å²) in [4.78, 5) is 12.1. The summed E-state index contributed by atoms with van der Waals surface area (Å²) >= 11 is 1.08. The van der Waals surface area contributed by atoms with E-state index < -0.39 is 9.84 Å². The van der Waals surface area contributed by atoms with Crippen LogP contribution in [0.3, 0.4) is 0 Å². The van der Waals surface area contributed by atoms with Gasteiger partial charge in [-0.1, -0.05) is 11.3 Å². The summed E-state index contributed by atoms with van der Waals surface area (Å²) in [6.45, 7) is 1.34. The summed E-state index contributed by atoms with van der Waals surface area (Å²) in [6, 6.07) is 0. The summed E-state index contributed by atoms with van der Waals surface area (Å²) in [5.74, 6) is 0.605. The van der Waals surface area contributed by atoms with Gasteiger partial charge in [0.05, 0.1) is 0 Å². The van der Waals surface area contributed by atoms with Crippen molar-refractivity contribution in [2.75, 3.05) is 31.8 Å². The highest BCUT2D eigenvalue weighted by molar-refractivity contribution is 7.92. The first-order chi connectivity index (χ1) is 9.02. The van der Waals surface area contributed by atoms with E-state index >= 15 is 0 Å². The fourth-order valence-electron chi connectivity index (χ4n) is 1.44. The smallest absolute Gasteiger partial charge is 0.211 e. The lowest BCUT2D eigenvalue weighted by atomic mass is 10.4. The zero-order chi connectivity index (χ0) is 13.9. The van der Waals surface area contributed by atoms with Crippen LogP contribution in [0.25, 0.3) is 10.3 Å². The Morgan fingerprint density at radius 1 is 1.42 bits per heavy atom. The molecule has 0 aliphatic carbocycles. The number of nitrogens with zero attached hydrogens (tertiary/aromatic N) is 3. The molecule has 0 fully saturated rings. The van der Waals surface area contributed by atoms with Crippen LogP contribution in [0.4, 0.5) is 5.82 Å². The van der Waals surface area contributed by atoms with Gasteiger partial charge in [-0.2, -0.15) is 0 Å². The van der Waals surface area contributed by atoms with Crippen molar-refractivity contribution >= 4 is 37.3 Å². The minimum Gasteiger partial charge on any atom is -0.385 e. The van der Waals surface area contributed by atoms with Gasteiger partial charge in [0.25, 0.3) is 0 Å². The molecule has 7 nitrogen and oxygen atoms in total. The molecule has 9 heteroatoms. The molecule has 104 valence electrons. The molecule has 0 aliphatic rings. The summed E-state index contributed by atoms with van der Waals surface area (Å²) in [5, 5.41) is 3.13. The number of fused-ring (bicyclic) bond motifs is 1. The molecule has 2 rings (SSSR count). The summed E-state index contributed by atoms with van der Waals surface area (Å²) in [6.07, 6.45) is 3.33. The highest BCUT2D eigenvalue weighted by atomic mass is 32.2. The molecule has 0 aliphatic heterocycles. The Kier molecular flexibility index (Phi) is 4.27. The third-order valence-electron chi connectivity index (χ3n) is 2.31. The molecular formula is C10H14N4O3S2. The molecule has 0 aromatic carbocycles. The molecule has 0 atom stereocenters. The van der Waals surface area contributed by atoms with E-state index in [1.807, 2.05) is 0 Å². The van der Waals surface area contributed by atoms with Crippen molar-refractivity contribution in [3.63, 3.8) is 0 Å². The fraction of sp³-hybridized carbons (Fsp3) is 0.500. The molecule has 2 heterocycles. The third-order valence-corrected chi connectivity index (χ3v) is 5.04. The summed E-state index contributed by atoms with van der Waals surface area (Å²) in [5.41, 5.74) is 0.398. The van der Waals surface area contributed by atoms with Gasteiger partial charge in [-0.05, 0) is 6.42 Å². The number of aromatic nitrogens is 3. The van der Waals surface area contributed by atoms with Crippen LogP contribution in [0.2, 0.25) is 0 Å². The lowest BCUT2D eigenvalue weighted by Gasteiger charge is -2.04. The second-order valence-electron chi connectivity index (χ2n) is 3.90. The van der Waals surface area contributed by atoms with E-state index in [9.17, 15) is 8.42 Å². The molecule has 0 saturated carbocycles. The van der Waals surface area contributed by atoms with E-state index in [4.69, 9.17) is 4.74 Å². The monoisotopic (exact) mass is 302 g/mol. The average molecular weight is 302 g/mol. The van der Waals surface area contributed by atoms with Gasteiger partial charge >= 0.3 is 0 Å². The van der Waals surface area contributed by atoms with Crippen molar-refractivity contribution in [3.8, 4) is 0 Å². The van der Waals surface area contributed by atoms with Gasteiger partial charge in [0.15, 0.2) is 5.65 Å². The Labute approximate surface area is 115 Å². The Bertz CT molecular complexity index is 668. The Morgan fingerprint density at radius 2 is 2.21 bits per heavy atom. The standard InChI is InChI=1S/C10H14N4O3S2/c1-17-5-3-4-11-8-7-9(13-6-12-8)14-10(18-7)19(2,15)16/h6H,3-5H2,1-2H3,(H,11,12,13). The fourth-order valence-corrected chi connectivity index (χ4v) is 3.27. The van der Waals surface area contributed by atoms with Crippen molar-refractivity contribution in [1.82, 2.24) is 15.0 Å². The Morgan fingerprint density at radius 3 is 2.89 bits per heavy atom.